The van der Waals surface area contributed by atoms with Crippen LogP contribution in [0.2, 0.25) is 0 Å². The number of nitrogens with one attached hydrogen (secondary N) is 1. The van der Waals surface area contributed by atoms with E-state index in [4.69, 9.17) is 0 Å². The number of rotatable bonds is 4. The van der Waals surface area contributed by atoms with Gasteiger partial charge in [-0.15, -0.1) is 0 Å². The Morgan fingerprint density at radius 2 is 2.19 bits per heavy atom. The first-order valence-electron chi connectivity index (χ1n) is 6.33. The molecule has 1 saturated heterocycles. The highest BCUT2D eigenvalue weighted by molar-refractivity contribution is 8.00. The van der Waals surface area contributed by atoms with Gasteiger partial charge in [-0.05, 0) is 36.1 Å². The molecule has 2 heteroatoms. The molecule has 1 aliphatic heterocycles. The van der Waals surface area contributed by atoms with E-state index in [-0.39, 0.29) is 0 Å². The molecular weight excluding hydrogens is 214 g/mol. The SMILES string of the molecule is c1ccc2c(c1)CC2CNCC1CCCS1. The molecule has 2 atom stereocenters. The van der Waals surface area contributed by atoms with E-state index in [0.717, 1.165) is 11.2 Å². The third-order valence-electron chi connectivity index (χ3n) is 3.75. The Bertz CT molecular complexity index is 358. The fourth-order valence-corrected chi connectivity index (χ4v) is 4.00. The quantitative estimate of drug-likeness (QED) is 0.858. The first kappa shape index (κ1) is 10.7. The molecule has 1 N–H and O–H groups in total. The van der Waals surface area contributed by atoms with Gasteiger partial charge in [0, 0.05) is 24.3 Å². The molecule has 86 valence electrons. The van der Waals surface area contributed by atoms with Crippen molar-refractivity contribution in [2.45, 2.75) is 30.4 Å². The summed E-state index contributed by atoms with van der Waals surface area (Å²) in [7, 11) is 0. The fraction of sp³-hybridized carbons (Fsp3) is 0.571. The Morgan fingerprint density at radius 1 is 1.25 bits per heavy atom. The summed E-state index contributed by atoms with van der Waals surface area (Å²) in [5.41, 5.74) is 3.14. The topological polar surface area (TPSA) is 12.0 Å². The first-order valence-corrected chi connectivity index (χ1v) is 7.38. The number of fused-ring (bicyclic) bond motifs is 1. The Kier molecular flexibility index (Phi) is 3.20. The maximum atomic E-state index is 3.65. The summed E-state index contributed by atoms with van der Waals surface area (Å²) in [6.07, 6.45) is 4.11. The number of thioether (sulfide) groups is 1. The average Bonchev–Trinajstić information content (AvgIpc) is 2.77. The predicted octanol–water partition coefficient (Wildman–Crippen LogP) is 2.81. The van der Waals surface area contributed by atoms with Crippen molar-refractivity contribution >= 4 is 11.8 Å². The van der Waals surface area contributed by atoms with Crippen molar-refractivity contribution in [2.75, 3.05) is 18.8 Å². The van der Waals surface area contributed by atoms with Crippen LogP contribution in [0, 0.1) is 0 Å². The van der Waals surface area contributed by atoms with E-state index >= 15 is 0 Å². The van der Waals surface area contributed by atoms with Crippen molar-refractivity contribution in [3.8, 4) is 0 Å². The second kappa shape index (κ2) is 4.80. The van der Waals surface area contributed by atoms with Gasteiger partial charge in [0.25, 0.3) is 0 Å². The number of benzene rings is 1. The van der Waals surface area contributed by atoms with Crippen LogP contribution >= 0.6 is 11.8 Å². The third-order valence-corrected chi connectivity index (χ3v) is 5.15. The normalized spacial score (nSPS) is 27.5. The first-order chi connectivity index (χ1) is 7.93. The van der Waals surface area contributed by atoms with Gasteiger partial charge >= 0.3 is 0 Å². The van der Waals surface area contributed by atoms with Crippen molar-refractivity contribution in [1.82, 2.24) is 5.32 Å². The zero-order valence-corrected chi connectivity index (χ0v) is 10.4. The molecule has 2 aliphatic rings. The maximum absolute atomic E-state index is 3.65. The van der Waals surface area contributed by atoms with E-state index in [0.29, 0.717) is 0 Å². The minimum absolute atomic E-state index is 0.780. The van der Waals surface area contributed by atoms with E-state index in [2.05, 4.69) is 41.3 Å². The summed E-state index contributed by atoms with van der Waals surface area (Å²) >= 11 is 2.14. The Labute approximate surface area is 102 Å². The minimum Gasteiger partial charge on any atom is -0.315 e. The van der Waals surface area contributed by atoms with Crippen LogP contribution in [-0.4, -0.2) is 24.1 Å². The maximum Gasteiger partial charge on any atom is 0.0172 e. The molecule has 1 aliphatic carbocycles. The summed E-state index contributed by atoms with van der Waals surface area (Å²) in [4.78, 5) is 0. The molecule has 16 heavy (non-hydrogen) atoms. The Balaban J connectivity index is 1.44. The van der Waals surface area contributed by atoms with Crippen LogP contribution < -0.4 is 5.32 Å². The van der Waals surface area contributed by atoms with Crippen LogP contribution in [0.3, 0.4) is 0 Å². The predicted molar refractivity (Wildman–Crippen MR) is 71.2 cm³/mol. The lowest BCUT2D eigenvalue weighted by Gasteiger charge is -2.30. The smallest absolute Gasteiger partial charge is 0.0172 e. The molecule has 0 aromatic heterocycles. The van der Waals surface area contributed by atoms with Gasteiger partial charge in [-0.2, -0.15) is 11.8 Å². The van der Waals surface area contributed by atoms with E-state index in [1.165, 1.54) is 38.1 Å². The van der Waals surface area contributed by atoms with Crippen molar-refractivity contribution in [2.24, 2.45) is 0 Å². The summed E-state index contributed by atoms with van der Waals surface area (Å²) in [5, 5.41) is 4.53. The molecule has 0 amide bonds. The lowest BCUT2D eigenvalue weighted by molar-refractivity contribution is 0.530. The van der Waals surface area contributed by atoms with Crippen LogP contribution in [0.5, 0.6) is 0 Å². The molecule has 0 spiro atoms. The van der Waals surface area contributed by atoms with Crippen LogP contribution in [0.4, 0.5) is 0 Å². The molecule has 1 aromatic rings. The molecule has 0 radical (unpaired) electrons. The molecule has 1 aromatic carbocycles. The molecule has 3 rings (SSSR count). The zero-order chi connectivity index (χ0) is 10.8. The van der Waals surface area contributed by atoms with Gasteiger partial charge in [0.2, 0.25) is 0 Å². The molecule has 0 bridgehead atoms. The molecule has 1 heterocycles. The number of hydrogen-bond acceptors (Lipinski definition) is 2. The Hall–Kier alpha value is -0.470. The lowest BCUT2D eigenvalue weighted by Crippen LogP contribution is -2.32. The summed E-state index contributed by atoms with van der Waals surface area (Å²) in [5.74, 6) is 2.15. The minimum atomic E-state index is 0.780. The van der Waals surface area contributed by atoms with Gasteiger partial charge in [0.15, 0.2) is 0 Å². The zero-order valence-electron chi connectivity index (χ0n) is 9.61. The molecule has 1 fully saturated rings. The van der Waals surface area contributed by atoms with Crippen molar-refractivity contribution in [1.29, 1.82) is 0 Å². The number of hydrogen-bond donors (Lipinski definition) is 1. The van der Waals surface area contributed by atoms with Gasteiger partial charge < -0.3 is 5.32 Å². The van der Waals surface area contributed by atoms with Crippen LogP contribution in [0.1, 0.15) is 29.9 Å². The van der Waals surface area contributed by atoms with Crippen molar-refractivity contribution < 1.29 is 0 Å². The lowest BCUT2D eigenvalue weighted by atomic mass is 9.77. The molecular formula is C14H19NS. The van der Waals surface area contributed by atoms with Gasteiger partial charge in [-0.1, -0.05) is 24.3 Å². The van der Waals surface area contributed by atoms with Crippen molar-refractivity contribution in [3.63, 3.8) is 0 Å². The van der Waals surface area contributed by atoms with E-state index in [9.17, 15) is 0 Å². The van der Waals surface area contributed by atoms with E-state index in [1.54, 1.807) is 11.1 Å². The summed E-state index contributed by atoms with van der Waals surface area (Å²) in [6.45, 7) is 2.39. The third kappa shape index (κ3) is 2.14. The molecule has 1 nitrogen and oxygen atoms in total. The van der Waals surface area contributed by atoms with Crippen LogP contribution in [-0.2, 0) is 6.42 Å². The van der Waals surface area contributed by atoms with E-state index < -0.39 is 0 Å². The fourth-order valence-electron chi connectivity index (χ4n) is 2.77. The molecule has 2 unspecified atom stereocenters. The Morgan fingerprint density at radius 3 is 3.00 bits per heavy atom. The largest absolute Gasteiger partial charge is 0.315 e. The van der Waals surface area contributed by atoms with Gasteiger partial charge in [-0.3, -0.25) is 0 Å². The van der Waals surface area contributed by atoms with E-state index in [1.807, 2.05) is 0 Å². The highest BCUT2D eigenvalue weighted by Gasteiger charge is 2.25. The van der Waals surface area contributed by atoms with Gasteiger partial charge in [0.05, 0.1) is 0 Å². The highest BCUT2D eigenvalue weighted by atomic mass is 32.2. The second-order valence-electron chi connectivity index (χ2n) is 4.89. The summed E-state index contributed by atoms with van der Waals surface area (Å²) in [6, 6.07) is 8.86. The average molecular weight is 233 g/mol. The van der Waals surface area contributed by atoms with Gasteiger partial charge in [-0.25, -0.2) is 0 Å². The standard InChI is InChI=1S/C14H19NS/c1-2-6-14-11(4-1)8-12(14)9-15-10-13-5-3-7-16-13/h1-2,4,6,12-13,15H,3,5,7-10H2. The van der Waals surface area contributed by atoms with Gasteiger partial charge in [0.1, 0.15) is 0 Å². The van der Waals surface area contributed by atoms with Crippen LogP contribution in [0.15, 0.2) is 24.3 Å². The van der Waals surface area contributed by atoms with Crippen LogP contribution in [0.25, 0.3) is 0 Å². The molecule has 0 saturated carbocycles. The second-order valence-corrected chi connectivity index (χ2v) is 6.30. The highest BCUT2D eigenvalue weighted by Crippen LogP contribution is 2.34. The summed E-state index contributed by atoms with van der Waals surface area (Å²) < 4.78 is 0. The monoisotopic (exact) mass is 233 g/mol. The van der Waals surface area contributed by atoms with Crippen molar-refractivity contribution in [3.05, 3.63) is 35.4 Å².